The Hall–Kier alpha value is -2.31. The molecule has 24 heavy (non-hydrogen) atoms. The van der Waals surface area contributed by atoms with E-state index in [1.165, 1.54) is 10.6 Å². The highest BCUT2D eigenvalue weighted by molar-refractivity contribution is 6.30. The summed E-state index contributed by atoms with van der Waals surface area (Å²) >= 11 is 5.81. The number of hydrogen-bond donors (Lipinski definition) is 2. The molecule has 128 valence electrons. The smallest absolute Gasteiger partial charge is 0.319 e. The molecular weight excluding hydrogens is 330 g/mol. The second-order valence-electron chi connectivity index (χ2n) is 5.38. The number of nitrogens with zero attached hydrogens (tertiary/aromatic N) is 1. The standard InChI is InChI=1S/C17H20ClN3O3/c1-12-9-16(22)21(2)10-15(12)20-17(23)19-7-8-24-11-13-3-5-14(18)6-4-13/h3-6,9-10H,7-8,11H2,1-2H3,(H2,19,20,23). The number of ether oxygens (including phenoxy) is 1. The first-order valence-corrected chi connectivity index (χ1v) is 7.88. The lowest BCUT2D eigenvalue weighted by atomic mass is 10.2. The topological polar surface area (TPSA) is 72.4 Å². The SMILES string of the molecule is Cc1cc(=O)n(C)cc1NC(=O)NCCOCc1ccc(Cl)cc1. The van der Waals surface area contributed by atoms with Gasteiger partial charge in [-0.05, 0) is 30.2 Å². The molecule has 1 aromatic carbocycles. The molecule has 0 spiro atoms. The number of hydrogen-bond acceptors (Lipinski definition) is 3. The van der Waals surface area contributed by atoms with E-state index in [-0.39, 0.29) is 11.6 Å². The summed E-state index contributed by atoms with van der Waals surface area (Å²) in [6, 6.07) is 8.54. The van der Waals surface area contributed by atoms with Crippen LogP contribution < -0.4 is 16.2 Å². The number of rotatable bonds is 6. The zero-order valence-electron chi connectivity index (χ0n) is 13.6. The summed E-state index contributed by atoms with van der Waals surface area (Å²) < 4.78 is 6.90. The van der Waals surface area contributed by atoms with Crippen molar-refractivity contribution in [2.24, 2.45) is 7.05 Å². The maximum Gasteiger partial charge on any atom is 0.319 e. The summed E-state index contributed by atoms with van der Waals surface area (Å²) in [6.07, 6.45) is 1.59. The van der Waals surface area contributed by atoms with Gasteiger partial charge in [0.2, 0.25) is 0 Å². The van der Waals surface area contributed by atoms with Gasteiger partial charge in [0.15, 0.2) is 0 Å². The highest BCUT2D eigenvalue weighted by atomic mass is 35.5. The van der Waals surface area contributed by atoms with E-state index >= 15 is 0 Å². The van der Waals surface area contributed by atoms with Crippen LogP contribution in [0.2, 0.25) is 5.02 Å². The summed E-state index contributed by atoms with van der Waals surface area (Å²) in [5.74, 6) is 0. The van der Waals surface area contributed by atoms with Crippen molar-refractivity contribution in [1.82, 2.24) is 9.88 Å². The monoisotopic (exact) mass is 349 g/mol. The molecule has 0 atom stereocenters. The molecule has 0 unspecified atom stereocenters. The quantitative estimate of drug-likeness (QED) is 0.787. The molecule has 0 aliphatic heterocycles. The molecule has 0 bridgehead atoms. The fourth-order valence-corrected chi connectivity index (χ4v) is 2.15. The van der Waals surface area contributed by atoms with Gasteiger partial charge in [-0.25, -0.2) is 4.79 Å². The van der Waals surface area contributed by atoms with Crippen LogP contribution in [0.3, 0.4) is 0 Å². The Bertz CT molecular complexity index is 757. The molecule has 1 aromatic heterocycles. The molecular formula is C17H20ClN3O3. The Morgan fingerprint density at radius 1 is 1.29 bits per heavy atom. The summed E-state index contributed by atoms with van der Waals surface area (Å²) in [7, 11) is 1.63. The minimum atomic E-state index is -0.341. The van der Waals surface area contributed by atoms with Crippen molar-refractivity contribution in [3.8, 4) is 0 Å². The lowest BCUT2D eigenvalue weighted by Gasteiger charge is -2.11. The largest absolute Gasteiger partial charge is 0.375 e. The van der Waals surface area contributed by atoms with Gasteiger partial charge in [-0.3, -0.25) is 4.79 Å². The summed E-state index contributed by atoms with van der Waals surface area (Å²) in [6.45, 7) is 3.00. The Balaban J connectivity index is 1.71. The normalized spacial score (nSPS) is 10.5. The van der Waals surface area contributed by atoms with Crippen LogP contribution >= 0.6 is 11.6 Å². The highest BCUT2D eigenvalue weighted by Gasteiger charge is 2.05. The number of aryl methyl sites for hydroxylation is 2. The molecule has 0 fully saturated rings. The fraction of sp³-hybridized carbons (Fsp3) is 0.294. The zero-order chi connectivity index (χ0) is 17.5. The molecule has 0 saturated carbocycles. The number of carbonyl (C=O) groups excluding carboxylic acids is 1. The number of urea groups is 1. The van der Waals surface area contributed by atoms with Gasteiger partial charge in [-0.2, -0.15) is 0 Å². The van der Waals surface area contributed by atoms with Crippen molar-refractivity contribution >= 4 is 23.3 Å². The first-order valence-electron chi connectivity index (χ1n) is 7.50. The van der Waals surface area contributed by atoms with Gasteiger partial charge in [-0.15, -0.1) is 0 Å². The van der Waals surface area contributed by atoms with Crippen molar-refractivity contribution in [3.05, 3.63) is 63.0 Å². The number of benzene rings is 1. The number of pyridine rings is 1. The van der Waals surface area contributed by atoms with Crippen molar-refractivity contribution in [3.63, 3.8) is 0 Å². The molecule has 2 rings (SSSR count). The molecule has 2 N–H and O–H groups in total. The summed E-state index contributed by atoms with van der Waals surface area (Å²) in [5, 5.41) is 6.10. The van der Waals surface area contributed by atoms with Gasteiger partial charge in [0, 0.05) is 30.9 Å². The first kappa shape index (κ1) is 18.0. The van der Waals surface area contributed by atoms with E-state index in [9.17, 15) is 9.59 Å². The predicted molar refractivity (Wildman–Crippen MR) is 94.5 cm³/mol. The zero-order valence-corrected chi connectivity index (χ0v) is 14.4. The third kappa shape index (κ3) is 5.40. The number of carbonyl (C=O) groups is 1. The number of nitrogens with one attached hydrogen (secondary N) is 2. The average Bonchev–Trinajstić information content (AvgIpc) is 2.54. The first-order chi connectivity index (χ1) is 11.5. The Kier molecular flexibility index (Phi) is 6.40. The van der Waals surface area contributed by atoms with Crippen LogP contribution in [0.25, 0.3) is 0 Å². The predicted octanol–water partition coefficient (Wildman–Crippen LogP) is 2.69. The molecule has 0 radical (unpaired) electrons. The molecule has 2 aromatic rings. The Morgan fingerprint density at radius 2 is 2.00 bits per heavy atom. The second kappa shape index (κ2) is 8.52. The van der Waals surface area contributed by atoms with Gasteiger partial charge in [0.25, 0.3) is 5.56 Å². The second-order valence-corrected chi connectivity index (χ2v) is 5.82. The summed E-state index contributed by atoms with van der Waals surface area (Å²) in [5.41, 5.74) is 2.21. The van der Waals surface area contributed by atoms with Gasteiger partial charge in [-0.1, -0.05) is 23.7 Å². The van der Waals surface area contributed by atoms with Crippen LogP contribution in [0.15, 0.2) is 41.3 Å². The average molecular weight is 350 g/mol. The molecule has 0 saturated heterocycles. The van der Waals surface area contributed by atoms with Gasteiger partial charge < -0.3 is 19.9 Å². The van der Waals surface area contributed by atoms with E-state index in [1.807, 2.05) is 12.1 Å². The van der Waals surface area contributed by atoms with Crippen molar-refractivity contribution < 1.29 is 9.53 Å². The summed E-state index contributed by atoms with van der Waals surface area (Å²) in [4.78, 5) is 23.3. The van der Waals surface area contributed by atoms with Gasteiger partial charge >= 0.3 is 6.03 Å². The number of anilines is 1. The number of amides is 2. The Labute approximate surface area is 145 Å². The van der Waals surface area contributed by atoms with Crippen molar-refractivity contribution in [1.29, 1.82) is 0 Å². The van der Waals surface area contributed by atoms with Crippen LogP contribution in [-0.4, -0.2) is 23.7 Å². The molecule has 6 nitrogen and oxygen atoms in total. The van der Waals surface area contributed by atoms with Crippen molar-refractivity contribution in [2.75, 3.05) is 18.5 Å². The lowest BCUT2D eigenvalue weighted by Crippen LogP contribution is -2.32. The van der Waals surface area contributed by atoms with Crippen molar-refractivity contribution in [2.45, 2.75) is 13.5 Å². The van der Waals surface area contributed by atoms with Crippen LogP contribution in [0.4, 0.5) is 10.5 Å². The third-order valence-electron chi connectivity index (χ3n) is 3.40. The lowest BCUT2D eigenvalue weighted by molar-refractivity contribution is 0.124. The van der Waals surface area contributed by atoms with Gasteiger partial charge in [0.05, 0.1) is 18.9 Å². The molecule has 2 amide bonds. The van der Waals surface area contributed by atoms with E-state index in [1.54, 1.807) is 32.3 Å². The molecule has 1 heterocycles. The molecule has 0 aliphatic carbocycles. The number of aromatic nitrogens is 1. The van der Waals surface area contributed by atoms with E-state index < -0.39 is 0 Å². The minimum Gasteiger partial charge on any atom is -0.375 e. The van der Waals surface area contributed by atoms with Crippen LogP contribution in [0.5, 0.6) is 0 Å². The van der Waals surface area contributed by atoms with E-state index in [2.05, 4.69) is 10.6 Å². The molecule has 0 aliphatic rings. The van der Waals surface area contributed by atoms with Crippen LogP contribution in [0.1, 0.15) is 11.1 Å². The van der Waals surface area contributed by atoms with Gasteiger partial charge in [0.1, 0.15) is 0 Å². The van der Waals surface area contributed by atoms with E-state index in [4.69, 9.17) is 16.3 Å². The Morgan fingerprint density at radius 3 is 2.71 bits per heavy atom. The fourth-order valence-electron chi connectivity index (χ4n) is 2.03. The number of halogens is 1. The van der Waals surface area contributed by atoms with E-state index in [0.717, 1.165) is 5.56 Å². The maximum atomic E-state index is 11.9. The highest BCUT2D eigenvalue weighted by Crippen LogP contribution is 2.11. The van der Waals surface area contributed by atoms with Crippen LogP contribution in [-0.2, 0) is 18.4 Å². The van der Waals surface area contributed by atoms with Crippen LogP contribution in [0, 0.1) is 6.92 Å². The maximum absolute atomic E-state index is 11.9. The molecule has 7 heteroatoms. The minimum absolute atomic E-state index is 0.117. The third-order valence-corrected chi connectivity index (χ3v) is 3.65. The van der Waals surface area contributed by atoms with E-state index in [0.29, 0.717) is 36.0 Å².